The summed E-state index contributed by atoms with van der Waals surface area (Å²) >= 11 is 0. The van der Waals surface area contributed by atoms with Crippen LogP contribution in [0.2, 0.25) is 0 Å². The number of nitro benzene ring substituents is 1. The van der Waals surface area contributed by atoms with Crippen molar-refractivity contribution in [1.82, 2.24) is 0 Å². The minimum absolute atomic E-state index is 0.00624. The Morgan fingerprint density at radius 2 is 2.17 bits per heavy atom. The van der Waals surface area contributed by atoms with Gasteiger partial charge in [0.1, 0.15) is 5.69 Å². The van der Waals surface area contributed by atoms with Gasteiger partial charge in [-0.25, -0.2) is 4.79 Å². The van der Waals surface area contributed by atoms with E-state index in [4.69, 9.17) is 5.11 Å². The van der Waals surface area contributed by atoms with E-state index in [2.05, 4.69) is 6.92 Å². The molecule has 0 fully saturated rings. The number of nitrogens with one attached hydrogen (secondary N) is 1. The van der Waals surface area contributed by atoms with Crippen LogP contribution in [0.25, 0.3) is 0 Å². The van der Waals surface area contributed by atoms with Crippen LogP contribution in [0.5, 0.6) is 0 Å². The minimum Gasteiger partial charge on any atom is -0.465 e. The molecule has 0 spiro atoms. The molecule has 1 aromatic carbocycles. The van der Waals surface area contributed by atoms with Crippen LogP contribution in [0.3, 0.4) is 0 Å². The van der Waals surface area contributed by atoms with E-state index in [0.717, 1.165) is 31.2 Å². The zero-order chi connectivity index (χ0) is 13.5. The van der Waals surface area contributed by atoms with Gasteiger partial charge >= 0.3 is 6.09 Å². The van der Waals surface area contributed by atoms with Crippen molar-refractivity contribution in [3.63, 3.8) is 0 Å². The monoisotopic (exact) mass is 252 g/mol. The van der Waals surface area contributed by atoms with Crippen molar-refractivity contribution in [2.45, 2.75) is 32.6 Å². The van der Waals surface area contributed by atoms with Crippen molar-refractivity contribution in [2.75, 3.05) is 5.32 Å². The summed E-state index contributed by atoms with van der Waals surface area (Å²) in [7, 11) is 0. The molecule has 1 amide bonds. The molecule has 0 saturated carbocycles. The third-order valence-electron chi connectivity index (χ3n) is 2.57. The maximum absolute atomic E-state index is 10.9. The zero-order valence-corrected chi connectivity index (χ0v) is 10.2. The molecule has 98 valence electrons. The first-order valence-corrected chi connectivity index (χ1v) is 5.82. The number of benzene rings is 1. The van der Waals surface area contributed by atoms with Crippen molar-refractivity contribution in [3.8, 4) is 0 Å². The first-order valence-electron chi connectivity index (χ1n) is 5.82. The Morgan fingerprint density at radius 1 is 1.44 bits per heavy atom. The molecule has 0 aliphatic rings. The standard InChI is InChI=1S/C12H16N2O4/c1-2-3-4-5-9-6-7-10(13-12(15)16)11(8-9)14(17)18/h6-8,13H,2-5H2,1H3,(H,15,16). The molecule has 0 heterocycles. The van der Waals surface area contributed by atoms with Gasteiger partial charge in [-0.1, -0.05) is 25.8 Å². The lowest BCUT2D eigenvalue weighted by atomic mass is 10.1. The fourth-order valence-corrected chi connectivity index (χ4v) is 1.68. The third-order valence-corrected chi connectivity index (χ3v) is 2.57. The van der Waals surface area contributed by atoms with Gasteiger partial charge in [-0.2, -0.15) is 0 Å². The Bertz CT molecular complexity index is 446. The number of carbonyl (C=O) groups is 1. The van der Waals surface area contributed by atoms with E-state index in [1.165, 1.54) is 12.1 Å². The topological polar surface area (TPSA) is 92.5 Å². The Balaban J connectivity index is 2.89. The van der Waals surface area contributed by atoms with Crippen LogP contribution in [0.1, 0.15) is 31.7 Å². The van der Waals surface area contributed by atoms with Crippen LogP contribution in [0.4, 0.5) is 16.2 Å². The Kier molecular flexibility index (Phi) is 5.10. The molecule has 0 aromatic heterocycles. The molecule has 0 aliphatic carbocycles. The number of nitro groups is 1. The van der Waals surface area contributed by atoms with Crippen molar-refractivity contribution < 1.29 is 14.8 Å². The number of anilines is 1. The van der Waals surface area contributed by atoms with Gasteiger partial charge in [0, 0.05) is 6.07 Å². The predicted molar refractivity (Wildman–Crippen MR) is 68.0 cm³/mol. The van der Waals surface area contributed by atoms with Crippen molar-refractivity contribution >= 4 is 17.5 Å². The van der Waals surface area contributed by atoms with Crippen molar-refractivity contribution in [2.24, 2.45) is 0 Å². The highest BCUT2D eigenvalue weighted by Gasteiger charge is 2.16. The van der Waals surface area contributed by atoms with Gasteiger partial charge in [0.05, 0.1) is 4.92 Å². The van der Waals surface area contributed by atoms with Crippen LogP contribution < -0.4 is 5.32 Å². The van der Waals surface area contributed by atoms with E-state index in [0.29, 0.717) is 0 Å². The first kappa shape index (κ1) is 14.0. The number of carboxylic acid groups (broad SMARTS) is 1. The number of aryl methyl sites for hydroxylation is 1. The molecule has 0 bridgehead atoms. The van der Waals surface area contributed by atoms with Gasteiger partial charge in [0.25, 0.3) is 5.69 Å². The second kappa shape index (κ2) is 6.58. The molecular weight excluding hydrogens is 236 g/mol. The third kappa shape index (κ3) is 4.04. The Labute approximate surface area is 105 Å². The average Bonchev–Trinajstić information content (AvgIpc) is 2.30. The van der Waals surface area contributed by atoms with E-state index in [-0.39, 0.29) is 11.4 Å². The van der Waals surface area contributed by atoms with Crippen LogP contribution in [0, 0.1) is 10.1 Å². The summed E-state index contributed by atoms with van der Waals surface area (Å²) in [5.74, 6) is 0. The average molecular weight is 252 g/mol. The first-order chi connectivity index (χ1) is 8.54. The highest BCUT2D eigenvalue weighted by molar-refractivity contribution is 5.86. The summed E-state index contributed by atoms with van der Waals surface area (Å²) in [5.41, 5.74) is 0.657. The van der Waals surface area contributed by atoms with Crippen LogP contribution in [-0.2, 0) is 6.42 Å². The number of hydrogen-bond acceptors (Lipinski definition) is 3. The highest BCUT2D eigenvalue weighted by atomic mass is 16.6. The van der Waals surface area contributed by atoms with E-state index in [1.807, 2.05) is 5.32 Å². The predicted octanol–water partition coefficient (Wildman–Crippen LogP) is 3.42. The molecule has 1 rings (SSSR count). The molecule has 1 aromatic rings. The van der Waals surface area contributed by atoms with Crippen LogP contribution in [-0.4, -0.2) is 16.1 Å². The van der Waals surface area contributed by atoms with Crippen molar-refractivity contribution in [3.05, 3.63) is 33.9 Å². The fourth-order valence-electron chi connectivity index (χ4n) is 1.68. The van der Waals surface area contributed by atoms with E-state index in [1.54, 1.807) is 6.07 Å². The van der Waals surface area contributed by atoms with Gasteiger partial charge in [0.2, 0.25) is 0 Å². The molecule has 6 heteroatoms. The molecule has 0 aliphatic heterocycles. The molecule has 0 unspecified atom stereocenters. The van der Waals surface area contributed by atoms with Gasteiger partial charge < -0.3 is 5.11 Å². The lowest BCUT2D eigenvalue weighted by Gasteiger charge is -2.05. The van der Waals surface area contributed by atoms with Gasteiger partial charge in [-0.05, 0) is 24.5 Å². The summed E-state index contributed by atoms with van der Waals surface area (Å²) in [6.07, 6.45) is 2.59. The smallest absolute Gasteiger partial charge is 0.409 e. The quantitative estimate of drug-likeness (QED) is 0.461. The van der Waals surface area contributed by atoms with Gasteiger partial charge in [-0.15, -0.1) is 0 Å². The number of amides is 1. The second-order valence-corrected chi connectivity index (χ2v) is 4.00. The molecule has 6 nitrogen and oxygen atoms in total. The lowest BCUT2D eigenvalue weighted by Crippen LogP contribution is -2.09. The number of unbranched alkanes of at least 4 members (excludes halogenated alkanes) is 2. The molecular formula is C12H16N2O4. The van der Waals surface area contributed by atoms with Crippen molar-refractivity contribution in [1.29, 1.82) is 0 Å². The molecule has 0 saturated heterocycles. The SMILES string of the molecule is CCCCCc1ccc(NC(=O)O)c([N+](=O)[O-])c1. The minimum atomic E-state index is -1.31. The van der Waals surface area contributed by atoms with E-state index < -0.39 is 11.0 Å². The molecule has 2 N–H and O–H groups in total. The summed E-state index contributed by atoms with van der Waals surface area (Å²) in [6, 6.07) is 4.59. The van der Waals surface area contributed by atoms with Gasteiger partial charge in [-0.3, -0.25) is 15.4 Å². The second-order valence-electron chi connectivity index (χ2n) is 4.00. The number of rotatable bonds is 6. The van der Waals surface area contributed by atoms with Crippen LogP contribution in [0.15, 0.2) is 18.2 Å². The fraction of sp³-hybridized carbons (Fsp3) is 0.417. The number of nitrogens with zero attached hydrogens (tertiary/aromatic N) is 1. The summed E-state index contributed by atoms with van der Waals surface area (Å²) in [4.78, 5) is 20.8. The summed E-state index contributed by atoms with van der Waals surface area (Å²) in [5, 5.41) is 21.5. The van der Waals surface area contributed by atoms with Crippen LogP contribution >= 0.6 is 0 Å². The Morgan fingerprint density at radius 3 is 2.72 bits per heavy atom. The van der Waals surface area contributed by atoms with Gasteiger partial charge in [0.15, 0.2) is 0 Å². The maximum Gasteiger partial charge on any atom is 0.409 e. The lowest BCUT2D eigenvalue weighted by molar-refractivity contribution is -0.384. The highest BCUT2D eigenvalue weighted by Crippen LogP contribution is 2.26. The molecule has 18 heavy (non-hydrogen) atoms. The maximum atomic E-state index is 10.9. The number of hydrogen-bond donors (Lipinski definition) is 2. The van der Waals surface area contributed by atoms with E-state index in [9.17, 15) is 14.9 Å². The Hall–Kier alpha value is -2.11. The molecule has 0 atom stereocenters. The normalized spacial score (nSPS) is 10.1. The zero-order valence-electron chi connectivity index (χ0n) is 10.2. The van der Waals surface area contributed by atoms with E-state index >= 15 is 0 Å². The summed E-state index contributed by atoms with van der Waals surface area (Å²) < 4.78 is 0. The summed E-state index contributed by atoms with van der Waals surface area (Å²) in [6.45, 7) is 2.09. The molecule has 0 radical (unpaired) electrons. The largest absolute Gasteiger partial charge is 0.465 e.